The second kappa shape index (κ2) is 5.29. The van der Waals surface area contributed by atoms with Crippen molar-refractivity contribution in [3.8, 4) is 11.5 Å². The molecule has 0 saturated heterocycles. The van der Waals surface area contributed by atoms with Crippen LogP contribution < -0.4 is 10.5 Å². The molecular formula is C14H20NO3. The van der Waals surface area contributed by atoms with Crippen LogP contribution in [-0.2, 0) is 10.2 Å². The smallest absolute Gasteiger partial charge is 0.279 e. The summed E-state index contributed by atoms with van der Waals surface area (Å²) in [7, 11) is 0. The summed E-state index contributed by atoms with van der Waals surface area (Å²) < 4.78 is 5.47. The molecule has 1 atom stereocenters. The number of phenolic OH excluding ortho intramolecular Hbond substituents is 1. The molecular weight excluding hydrogens is 230 g/mol. The third-order valence-electron chi connectivity index (χ3n) is 2.72. The van der Waals surface area contributed by atoms with Crippen molar-refractivity contribution in [3.05, 3.63) is 23.8 Å². The molecule has 2 N–H and O–H groups in total. The number of amides is 1. The zero-order valence-electron chi connectivity index (χ0n) is 11.3. The van der Waals surface area contributed by atoms with Gasteiger partial charge in [0.2, 0.25) is 0 Å². The van der Waals surface area contributed by atoms with Crippen LogP contribution in [0.1, 0.15) is 39.7 Å². The van der Waals surface area contributed by atoms with Gasteiger partial charge in [-0.3, -0.25) is 10.5 Å². The van der Waals surface area contributed by atoms with E-state index in [1.165, 1.54) is 0 Å². The number of hydrogen-bond donors (Lipinski definition) is 1. The predicted molar refractivity (Wildman–Crippen MR) is 69.6 cm³/mol. The lowest BCUT2D eigenvalue weighted by Gasteiger charge is -2.22. The van der Waals surface area contributed by atoms with Gasteiger partial charge in [0, 0.05) is 5.56 Å². The molecule has 1 unspecified atom stereocenters. The first-order valence-corrected chi connectivity index (χ1v) is 6.01. The number of nitrogens with one attached hydrogen (secondary N) is 1. The summed E-state index contributed by atoms with van der Waals surface area (Å²) in [4.78, 5) is 11.0. The standard InChI is InChI=1S/C14H20NO3/c1-5-12(13(15)17)18-9-6-7-11(16)10(8-9)14(2,3)4/h6-8,12,15-16H,5H2,1-4H3. The molecule has 0 fully saturated rings. The molecule has 0 saturated carbocycles. The Hall–Kier alpha value is -1.71. The molecule has 0 heterocycles. The number of carbonyl (C=O) groups is 1. The minimum atomic E-state index is -0.748. The van der Waals surface area contributed by atoms with Gasteiger partial charge in [0.1, 0.15) is 11.5 Å². The molecule has 1 rings (SSSR count). The summed E-state index contributed by atoms with van der Waals surface area (Å²) >= 11 is 0. The van der Waals surface area contributed by atoms with Crippen molar-refractivity contribution in [3.63, 3.8) is 0 Å². The molecule has 0 aliphatic carbocycles. The fraction of sp³-hybridized carbons (Fsp3) is 0.500. The van der Waals surface area contributed by atoms with Crippen LogP contribution in [0, 0.1) is 0 Å². The SMILES string of the molecule is CCC(Oc1ccc(O)c(C(C)(C)C)c1)C([NH])=O. The Morgan fingerprint density at radius 3 is 2.50 bits per heavy atom. The van der Waals surface area contributed by atoms with Crippen molar-refractivity contribution < 1.29 is 14.6 Å². The van der Waals surface area contributed by atoms with Crippen molar-refractivity contribution in [1.82, 2.24) is 5.73 Å². The Morgan fingerprint density at radius 1 is 1.44 bits per heavy atom. The fourth-order valence-corrected chi connectivity index (χ4v) is 1.68. The highest BCUT2D eigenvalue weighted by Crippen LogP contribution is 2.33. The van der Waals surface area contributed by atoms with E-state index in [9.17, 15) is 9.90 Å². The second-order valence-electron chi connectivity index (χ2n) is 5.31. The number of phenols is 1. The molecule has 0 aromatic heterocycles. The van der Waals surface area contributed by atoms with Crippen LogP contribution in [0.25, 0.3) is 0 Å². The zero-order chi connectivity index (χ0) is 13.9. The fourth-order valence-electron chi connectivity index (χ4n) is 1.68. The second-order valence-corrected chi connectivity index (χ2v) is 5.31. The van der Waals surface area contributed by atoms with E-state index < -0.39 is 12.0 Å². The lowest BCUT2D eigenvalue weighted by Crippen LogP contribution is -2.27. The molecule has 0 bridgehead atoms. The molecule has 0 aliphatic heterocycles. The van der Waals surface area contributed by atoms with Crippen LogP contribution in [0.3, 0.4) is 0 Å². The van der Waals surface area contributed by atoms with E-state index in [-0.39, 0.29) is 11.2 Å². The van der Waals surface area contributed by atoms with Gasteiger partial charge in [-0.1, -0.05) is 27.7 Å². The third-order valence-corrected chi connectivity index (χ3v) is 2.72. The van der Waals surface area contributed by atoms with Gasteiger partial charge < -0.3 is 9.84 Å². The average molecular weight is 250 g/mol. The molecule has 1 aromatic rings. The van der Waals surface area contributed by atoms with Gasteiger partial charge in [-0.25, -0.2) is 0 Å². The lowest BCUT2D eigenvalue weighted by atomic mass is 9.86. The van der Waals surface area contributed by atoms with Crippen molar-refractivity contribution in [2.45, 2.75) is 45.6 Å². The Bertz CT molecular complexity index is 435. The van der Waals surface area contributed by atoms with E-state index in [1.807, 2.05) is 20.8 Å². The molecule has 1 radical (unpaired) electrons. The van der Waals surface area contributed by atoms with Crippen molar-refractivity contribution >= 4 is 5.91 Å². The maximum atomic E-state index is 11.0. The van der Waals surface area contributed by atoms with Crippen LogP contribution >= 0.6 is 0 Å². The molecule has 4 heteroatoms. The monoisotopic (exact) mass is 250 g/mol. The van der Waals surface area contributed by atoms with Crippen LogP contribution in [-0.4, -0.2) is 17.1 Å². The van der Waals surface area contributed by atoms with Gasteiger partial charge >= 0.3 is 0 Å². The van der Waals surface area contributed by atoms with Gasteiger partial charge in [0.15, 0.2) is 6.10 Å². The number of ether oxygens (including phenoxy) is 1. The first-order chi connectivity index (χ1) is 8.25. The van der Waals surface area contributed by atoms with E-state index in [0.29, 0.717) is 12.2 Å². The van der Waals surface area contributed by atoms with Crippen molar-refractivity contribution in [2.75, 3.05) is 0 Å². The minimum Gasteiger partial charge on any atom is -0.508 e. The molecule has 4 nitrogen and oxygen atoms in total. The van der Waals surface area contributed by atoms with Crippen LogP contribution in [0.2, 0.25) is 0 Å². The van der Waals surface area contributed by atoms with E-state index in [2.05, 4.69) is 0 Å². The molecule has 99 valence electrons. The lowest BCUT2D eigenvalue weighted by molar-refractivity contribution is -0.125. The van der Waals surface area contributed by atoms with Crippen molar-refractivity contribution in [2.24, 2.45) is 0 Å². The molecule has 1 amide bonds. The van der Waals surface area contributed by atoms with Crippen molar-refractivity contribution in [1.29, 1.82) is 0 Å². The number of aromatic hydroxyl groups is 1. The zero-order valence-corrected chi connectivity index (χ0v) is 11.3. The third kappa shape index (κ3) is 3.39. The van der Waals surface area contributed by atoms with Crippen LogP contribution in [0.15, 0.2) is 18.2 Å². The molecule has 18 heavy (non-hydrogen) atoms. The number of benzene rings is 1. The maximum Gasteiger partial charge on any atom is 0.279 e. The van der Waals surface area contributed by atoms with Gasteiger partial charge in [-0.2, -0.15) is 0 Å². The number of hydrogen-bond acceptors (Lipinski definition) is 3. The van der Waals surface area contributed by atoms with Gasteiger partial charge in [0.05, 0.1) is 0 Å². The van der Waals surface area contributed by atoms with E-state index in [1.54, 1.807) is 25.1 Å². The van der Waals surface area contributed by atoms with E-state index in [0.717, 1.165) is 5.56 Å². The van der Waals surface area contributed by atoms with Crippen LogP contribution in [0.4, 0.5) is 0 Å². The first kappa shape index (κ1) is 14.4. The quantitative estimate of drug-likeness (QED) is 0.893. The number of rotatable bonds is 4. The van der Waals surface area contributed by atoms with Gasteiger partial charge in [0.25, 0.3) is 5.91 Å². The Balaban J connectivity index is 3.02. The molecule has 0 spiro atoms. The summed E-state index contributed by atoms with van der Waals surface area (Å²) in [5, 5.41) is 9.81. The highest BCUT2D eigenvalue weighted by atomic mass is 16.5. The molecule has 1 aromatic carbocycles. The van der Waals surface area contributed by atoms with E-state index in [4.69, 9.17) is 10.5 Å². The van der Waals surface area contributed by atoms with Gasteiger partial charge in [-0.05, 0) is 30.0 Å². The summed E-state index contributed by atoms with van der Waals surface area (Å²) in [6.45, 7) is 7.75. The largest absolute Gasteiger partial charge is 0.508 e. The predicted octanol–water partition coefficient (Wildman–Crippen LogP) is 2.66. The topological polar surface area (TPSA) is 70.3 Å². The van der Waals surface area contributed by atoms with Crippen LogP contribution in [0.5, 0.6) is 11.5 Å². The minimum absolute atomic E-state index is 0.208. The Labute approximate surface area is 108 Å². The highest BCUT2D eigenvalue weighted by Gasteiger charge is 2.21. The molecule has 0 aliphatic rings. The maximum absolute atomic E-state index is 11.0. The summed E-state index contributed by atoms with van der Waals surface area (Å²) in [6.07, 6.45) is -0.295. The first-order valence-electron chi connectivity index (χ1n) is 6.01. The summed E-state index contributed by atoms with van der Waals surface area (Å²) in [5.41, 5.74) is 7.63. The van der Waals surface area contributed by atoms with Gasteiger partial charge in [-0.15, -0.1) is 0 Å². The Kier molecular flexibility index (Phi) is 4.22. The normalized spacial score (nSPS) is 13.1. The Morgan fingerprint density at radius 2 is 2.06 bits per heavy atom. The summed E-state index contributed by atoms with van der Waals surface area (Å²) in [5.74, 6) is -0.0202. The highest BCUT2D eigenvalue weighted by molar-refractivity contribution is 5.78. The number of carbonyl (C=O) groups excluding carboxylic acids is 1. The average Bonchev–Trinajstić information content (AvgIpc) is 2.25. The summed E-state index contributed by atoms with van der Waals surface area (Å²) in [6, 6.07) is 4.88. The van der Waals surface area contributed by atoms with E-state index >= 15 is 0 Å².